The van der Waals surface area contributed by atoms with E-state index < -0.39 is 12.4 Å². The molecule has 0 amide bonds. The second-order valence-corrected chi connectivity index (χ2v) is 6.22. The molecule has 2 aromatic carbocycles. The van der Waals surface area contributed by atoms with Crippen LogP contribution in [0.5, 0.6) is 5.75 Å². The predicted octanol–water partition coefficient (Wildman–Crippen LogP) is 3.60. The van der Waals surface area contributed by atoms with E-state index in [-0.39, 0.29) is 11.9 Å². The smallest absolute Gasteiger partial charge is 0.225 e. The molecule has 140 valence electrons. The standard InChI is InChI=1S/C21H26O5/c1-15(25-14-17-8-5-4-6-9-17)12-20(23)21(24-3)26-19-11-7-10-18(13-19)16(2)22/h4-11,13,15,20-21,23H,12,14H2,1-3H3. The molecule has 0 aliphatic carbocycles. The zero-order valence-electron chi connectivity index (χ0n) is 15.4. The van der Waals surface area contributed by atoms with Crippen molar-refractivity contribution in [1.82, 2.24) is 0 Å². The van der Waals surface area contributed by atoms with Crippen LogP contribution in [0.2, 0.25) is 0 Å². The maximum Gasteiger partial charge on any atom is 0.225 e. The number of carbonyl (C=O) groups is 1. The Morgan fingerprint density at radius 2 is 1.85 bits per heavy atom. The van der Waals surface area contributed by atoms with Gasteiger partial charge in [0.25, 0.3) is 0 Å². The van der Waals surface area contributed by atoms with Crippen LogP contribution in [0, 0.1) is 0 Å². The maximum atomic E-state index is 11.5. The molecule has 0 saturated heterocycles. The molecule has 0 aliphatic rings. The highest BCUT2D eigenvalue weighted by Crippen LogP contribution is 2.19. The summed E-state index contributed by atoms with van der Waals surface area (Å²) in [6.07, 6.45) is -1.53. The minimum Gasteiger partial charge on any atom is -0.462 e. The largest absolute Gasteiger partial charge is 0.462 e. The van der Waals surface area contributed by atoms with Gasteiger partial charge >= 0.3 is 0 Å². The molecular formula is C21H26O5. The van der Waals surface area contributed by atoms with Crippen LogP contribution in [-0.2, 0) is 16.1 Å². The number of rotatable bonds is 10. The Morgan fingerprint density at radius 1 is 1.12 bits per heavy atom. The third-order valence-electron chi connectivity index (χ3n) is 3.99. The Bertz CT molecular complexity index is 686. The zero-order valence-corrected chi connectivity index (χ0v) is 15.4. The van der Waals surface area contributed by atoms with Gasteiger partial charge in [-0.15, -0.1) is 0 Å². The van der Waals surface area contributed by atoms with Gasteiger partial charge in [0.05, 0.1) is 12.7 Å². The quantitative estimate of drug-likeness (QED) is 0.519. The highest BCUT2D eigenvalue weighted by Gasteiger charge is 2.23. The number of aliphatic hydroxyl groups excluding tert-OH is 1. The number of hydrogen-bond donors (Lipinski definition) is 1. The molecule has 3 atom stereocenters. The molecule has 3 unspecified atom stereocenters. The Labute approximate surface area is 154 Å². The average molecular weight is 358 g/mol. The third-order valence-corrected chi connectivity index (χ3v) is 3.99. The fraction of sp³-hybridized carbons (Fsp3) is 0.381. The molecule has 0 radical (unpaired) electrons. The summed E-state index contributed by atoms with van der Waals surface area (Å²) in [6, 6.07) is 16.7. The lowest BCUT2D eigenvalue weighted by atomic mass is 10.1. The van der Waals surface area contributed by atoms with Crippen LogP contribution in [0.4, 0.5) is 0 Å². The van der Waals surface area contributed by atoms with Crippen molar-refractivity contribution >= 4 is 5.78 Å². The van der Waals surface area contributed by atoms with Crippen LogP contribution in [-0.4, -0.2) is 36.5 Å². The number of ketones is 1. The van der Waals surface area contributed by atoms with Crippen LogP contribution in [0.3, 0.4) is 0 Å². The summed E-state index contributed by atoms with van der Waals surface area (Å²) in [5.74, 6) is 0.425. The van der Waals surface area contributed by atoms with Gasteiger partial charge in [-0.25, -0.2) is 0 Å². The van der Waals surface area contributed by atoms with Gasteiger partial charge in [-0.05, 0) is 31.5 Å². The first-order chi connectivity index (χ1) is 12.5. The molecule has 5 heteroatoms. The summed E-state index contributed by atoms with van der Waals surface area (Å²) < 4.78 is 16.7. The van der Waals surface area contributed by atoms with Crippen LogP contribution in [0.25, 0.3) is 0 Å². The fourth-order valence-electron chi connectivity index (χ4n) is 2.54. The van der Waals surface area contributed by atoms with Crippen molar-refractivity contribution in [3.63, 3.8) is 0 Å². The van der Waals surface area contributed by atoms with Gasteiger partial charge in [0.15, 0.2) is 5.78 Å². The topological polar surface area (TPSA) is 65.0 Å². The maximum absolute atomic E-state index is 11.5. The lowest BCUT2D eigenvalue weighted by Crippen LogP contribution is -2.36. The Morgan fingerprint density at radius 3 is 2.50 bits per heavy atom. The summed E-state index contributed by atoms with van der Waals surface area (Å²) in [5.41, 5.74) is 1.63. The minimum absolute atomic E-state index is 0.0482. The molecule has 1 N–H and O–H groups in total. The molecule has 0 fully saturated rings. The van der Waals surface area contributed by atoms with Crippen LogP contribution < -0.4 is 4.74 Å². The number of methoxy groups -OCH3 is 1. The Balaban J connectivity index is 1.88. The van der Waals surface area contributed by atoms with E-state index in [1.165, 1.54) is 14.0 Å². The van der Waals surface area contributed by atoms with Crippen molar-refractivity contribution in [3.8, 4) is 5.75 Å². The summed E-state index contributed by atoms with van der Waals surface area (Å²) in [5, 5.41) is 10.4. The van der Waals surface area contributed by atoms with Gasteiger partial charge in [-0.2, -0.15) is 0 Å². The number of aliphatic hydroxyl groups is 1. The fourth-order valence-corrected chi connectivity index (χ4v) is 2.54. The van der Waals surface area contributed by atoms with E-state index in [0.29, 0.717) is 24.3 Å². The molecule has 2 aromatic rings. The second kappa shape index (κ2) is 10.1. The van der Waals surface area contributed by atoms with Gasteiger partial charge in [-0.3, -0.25) is 4.79 Å². The molecule has 0 bridgehead atoms. The lowest BCUT2D eigenvalue weighted by Gasteiger charge is -2.25. The first-order valence-corrected chi connectivity index (χ1v) is 8.63. The van der Waals surface area contributed by atoms with Crippen molar-refractivity contribution < 1.29 is 24.1 Å². The molecule has 0 heterocycles. The lowest BCUT2D eigenvalue weighted by molar-refractivity contribution is -0.139. The monoisotopic (exact) mass is 358 g/mol. The van der Waals surface area contributed by atoms with Crippen molar-refractivity contribution in [2.24, 2.45) is 0 Å². The predicted molar refractivity (Wildman–Crippen MR) is 99.2 cm³/mol. The van der Waals surface area contributed by atoms with E-state index in [1.807, 2.05) is 37.3 Å². The Hall–Kier alpha value is -2.21. The van der Waals surface area contributed by atoms with E-state index in [4.69, 9.17) is 14.2 Å². The summed E-state index contributed by atoms with van der Waals surface area (Å²) in [7, 11) is 1.47. The van der Waals surface area contributed by atoms with Gasteiger partial charge < -0.3 is 19.3 Å². The number of Topliss-reactive ketones (excluding diaryl/α,β-unsaturated/α-hetero) is 1. The van der Waals surface area contributed by atoms with E-state index in [1.54, 1.807) is 24.3 Å². The molecule has 26 heavy (non-hydrogen) atoms. The van der Waals surface area contributed by atoms with Gasteiger partial charge in [0.1, 0.15) is 11.9 Å². The number of carbonyl (C=O) groups excluding carboxylic acids is 1. The first kappa shape index (κ1) is 20.1. The molecule has 0 aromatic heterocycles. The van der Waals surface area contributed by atoms with Gasteiger partial charge in [0.2, 0.25) is 6.29 Å². The number of hydrogen-bond acceptors (Lipinski definition) is 5. The summed E-state index contributed by atoms with van der Waals surface area (Å²) in [4.78, 5) is 11.5. The van der Waals surface area contributed by atoms with Crippen LogP contribution in [0.1, 0.15) is 36.2 Å². The SMILES string of the molecule is COC(Oc1cccc(C(C)=O)c1)C(O)CC(C)OCc1ccccc1. The van der Waals surface area contributed by atoms with Crippen LogP contribution in [0.15, 0.2) is 54.6 Å². The first-order valence-electron chi connectivity index (χ1n) is 8.63. The van der Waals surface area contributed by atoms with E-state index in [2.05, 4.69) is 0 Å². The van der Waals surface area contributed by atoms with E-state index in [0.717, 1.165) is 5.56 Å². The van der Waals surface area contributed by atoms with Gasteiger partial charge in [0, 0.05) is 19.1 Å². The summed E-state index contributed by atoms with van der Waals surface area (Å²) >= 11 is 0. The summed E-state index contributed by atoms with van der Waals surface area (Å²) in [6.45, 7) is 3.87. The molecule has 0 saturated carbocycles. The number of benzene rings is 2. The molecule has 0 spiro atoms. The molecule has 2 rings (SSSR count). The minimum atomic E-state index is -0.869. The normalized spacial score (nSPS) is 14.5. The molecular weight excluding hydrogens is 332 g/mol. The van der Waals surface area contributed by atoms with E-state index in [9.17, 15) is 9.90 Å². The van der Waals surface area contributed by atoms with Gasteiger partial charge in [-0.1, -0.05) is 42.5 Å². The van der Waals surface area contributed by atoms with Crippen molar-refractivity contribution in [1.29, 1.82) is 0 Å². The van der Waals surface area contributed by atoms with Crippen molar-refractivity contribution in [2.45, 2.75) is 45.4 Å². The van der Waals surface area contributed by atoms with E-state index >= 15 is 0 Å². The van der Waals surface area contributed by atoms with Crippen molar-refractivity contribution in [2.75, 3.05) is 7.11 Å². The Kier molecular flexibility index (Phi) is 7.78. The molecule has 5 nitrogen and oxygen atoms in total. The third kappa shape index (κ3) is 6.26. The van der Waals surface area contributed by atoms with Crippen LogP contribution >= 0.6 is 0 Å². The number of ether oxygens (including phenoxy) is 3. The highest BCUT2D eigenvalue weighted by atomic mass is 16.7. The average Bonchev–Trinajstić information content (AvgIpc) is 2.65. The second-order valence-electron chi connectivity index (χ2n) is 6.22. The highest BCUT2D eigenvalue weighted by molar-refractivity contribution is 5.94. The van der Waals surface area contributed by atoms with Crippen molar-refractivity contribution in [3.05, 3.63) is 65.7 Å². The molecule has 0 aliphatic heterocycles. The zero-order chi connectivity index (χ0) is 18.9.